The molecule has 1 rings (SSSR count). The molecule has 4 heteroatoms. The molecule has 16 heavy (non-hydrogen) atoms. The number of carbonyl (C=O) groups is 1. The summed E-state index contributed by atoms with van der Waals surface area (Å²) >= 11 is 0. The molecule has 0 aliphatic heterocycles. The molecule has 88 valence electrons. The van der Waals surface area contributed by atoms with Crippen molar-refractivity contribution in [3.05, 3.63) is 23.8 Å². The van der Waals surface area contributed by atoms with Gasteiger partial charge in [0.25, 0.3) is 0 Å². The van der Waals surface area contributed by atoms with Gasteiger partial charge >= 0.3 is 5.97 Å². The number of hydrogen-bond donors (Lipinski definition) is 2. The Morgan fingerprint density at radius 1 is 1.44 bits per heavy atom. The molecule has 0 heterocycles. The van der Waals surface area contributed by atoms with Crippen molar-refractivity contribution in [2.45, 2.75) is 19.3 Å². The number of ether oxygens (including phenoxy) is 1. The van der Waals surface area contributed by atoms with Crippen LogP contribution in [-0.4, -0.2) is 20.1 Å². The van der Waals surface area contributed by atoms with Crippen LogP contribution in [-0.2, 0) is 14.9 Å². The standard InChI is InChI=1S/C12H18N2O2/c1-12(2,11(15)16-4)8-5-6-9(13)10(7-8)14-3/h5-7,14H,13H2,1-4H3. The fourth-order valence-corrected chi connectivity index (χ4v) is 1.53. The number of nitrogens with one attached hydrogen (secondary N) is 1. The highest BCUT2D eigenvalue weighted by Gasteiger charge is 2.31. The quantitative estimate of drug-likeness (QED) is 0.604. The third kappa shape index (κ3) is 2.10. The third-order valence-electron chi connectivity index (χ3n) is 2.74. The number of methoxy groups -OCH3 is 1. The van der Waals surface area contributed by atoms with Gasteiger partial charge in [-0.3, -0.25) is 4.79 Å². The number of benzene rings is 1. The van der Waals surface area contributed by atoms with Crippen LogP contribution in [0.1, 0.15) is 19.4 Å². The van der Waals surface area contributed by atoms with Gasteiger partial charge in [-0.25, -0.2) is 0 Å². The van der Waals surface area contributed by atoms with Crippen molar-refractivity contribution in [1.82, 2.24) is 0 Å². The average molecular weight is 222 g/mol. The van der Waals surface area contributed by atoms with Gasteiger partial charge in [0.15, 0.2) is 0 Å². The molecular formula is C12H18N2O2. The molecule has 3 N–H and O–H groups in total. The van der Waals surface area contributed by atoms with Crippen molar-refractivity contribution in [3.63, 3.8) is 0 Å². The summed E-state index contributed by atoms with van der Waals surface area (Å²) < 4.78 is 4.78. The van der Waals surface area contributed by atoms with Crippen LogP contribution >= 0.6 is 0 Å². The first kappa shape index (κ1) is 12.4. The zero-order valence-corrected chi connectivity index (χ0v) is 10.1. The molecule has 0 aliphatic carbocycles. The number of carbonyl (C=O) groups excluding carboxylic acids is 1. The lowest BCUT2D eigenvalue weighted by Gasteiger charge is -2.23. The molecule has 0 amide bonds. The van der Waals surface area contributed by atoms with Gasteiger partial charge in [0.1, 0.15) is 0 Å². The molecule has 0 bridgehead atoms. The fourth-order valence-electron chi connectivity index (χ4n) is 1.53. The molecular weight excluding hydrogens is 204 g/mol. The maximum absolute atomic E-state index is 11.6. The second-order valence-electron chi connectivity index (χ2n) is 4.17. The lowest BCUT2D eigenvalue weighted by Crippen LogP contribution is -2.30. The summed E-state index contributed by atoms with van der Waals surface area (Å²) in [7, 11) is 3.18. The summed E-state index contributed by atoms with van der Waals surface area (Å²) in [6.07, 6.45) is 0. The van der Waals surface area contributed by atoms with Crippen molar-refractivity contribution in [1.29, 1.82) is 0 Å². The Kier molecular flexibility index (Phi) is 3.42. The topological polar surface area (TPSA) is 64.3 Å². The zero-order valence-electron chi connectivity index (χ0n) is 10.1. The van der Waals surface area contributed by atoms with E-state index in [1.54, 1.807) is 13.1 Å². The average Bonchev–Trinajstić information content (AvgIpc) is 2.28. The summed E-state index contributed by atoms with van der Waals surface area (Å²) in [6.45, 7) is 3.65. The summed E-state index contributed by atoms with van der Waals surface area (Å²) in [5.74, 6) is -0.265. The highest BCUT2D eigenvalue weighted by molar-refractivity contribution is 5.83. The molecule has 0 aliphatic rings. The Labute approximate surface area is 95.8 Å². The molecule has 0 atom stereocenters. The minimum absolute atomic E-state index is 0.265. The predicted octanol–water partition coefficient (Wildman–Crippen LogP) is 1.76. The zero-order chi connectivity index (χ0) is 12.3. The Bertz CT molecular complexity index is 400. The molecule has 0 saturated heterocycles. The molecule has 0 unspecified atom stereocenters. The normalized spacial score (nSPS) is 11.0. The molecule has 0 radical (unpaired) electrons. The first-order valence-corrected chi connectivity index (χ1v) is 5.09. The number of rotatable bonds is 3. The second-order valence-corrected chi connectivity index (χ2v) is 4.17. The van der Waals surface area contributed by atoms with Gasteiger partial charge in [-0.15, -0.1) is 0 Å². The van der Waals surface area contributed by atoms with E-state index in [0.717, 1.165) is 11.3 Å². The van der Waals surface area contributed by atoms with Crippen LogP contribution in [0.3, 0.4) is 0 Å². The van der Waals surface area contributed by atoms with E-state index in [1.165, 1.54) is 7.11 Å². The number of nitrogens with two attached hydrogens (primary N) is 1. The Balaban J connectivity index is 3.18. The van der Waals surface area contributed by atoms with Crippen molar-refractivity contribution in [2.24, 2.45) is 0 Å². The summed E-state index contributed by atoms with van der Waals surface area (Å²) in [5, 5.41) is 2.99. The maximum Gasteiger partial charge on any atom is 0.315 e. The van der Waals surface area contributed by atoms with Gasteiger partial charge in [0, 0.05) is 7.05 Å². The van der Waals surface area contributed by atoms with Crippen molar-refractivity contribution in [3.8, 4) is 0 Å². The summed E-state index contributed by atoms with van der Waals surface area (Å²) in [5.41, 5.74) is 7.45. The van der Waals surface area contributed by atoms with Crippen LogP contribution in [0.15, 0.2) is 18.2 Å². The first-order valence-electron chi connectivity index (χ1n) is 5.09. The fraction of sp³-hybridized carbons (Fsp3) is 0.417. The van der Waals surface area contributed by atoms with Crippen molar-refractivity contribution < 1.29 is 9.53 Å². The summed E-state index contributed by atoms with van der Waals surface area (Å²) in [6, 6.07) is 5.49. The minimum atomic E-state index is -0.673. The Morgan fingerprint density at radius 2 is 2.06 bits per heavy atom. The largest absolute Gasteiger partial charge is 0.468 e. The van der Waals surface area contributed by atoms with E-state index < -0.39 is 5.41 Å². The molecule has 0 fully saturated rings. The molecule has 0 saturated carbocycles. The van der Waals surface area contributed by atoms with Gasteiger partial charge < -0.3 is 15.8 Å². The number of esters is 1. The van der Waals surface area contributed by atoms with Gasteiger partial charge in [0.2, 0.25) is 0 Å². The van der Waals surface area contributed by atoms with Crippen LogP contribution in [0.2, 0.25) is 0 Å². The van der Waals surface area contributed by atoms with Crippen LogP contribution < -0.4 is 11.1 Å². The second kappa shape index (κ2) is 4.43. The van der Waals surface area contributed by atoms with E-state index in [9.17, 15) is 4.79 Å². The number of nitrogen functional groups attached to an aromatic ring is 1. The van der Waals surface area contributed by atoms with Crippen LogP contribution in [0, 0.1) is 0 Å². The highest BCUT2D eigenvalue weighted by atomic mass is 16.5. The van der Waals surface area contributed by atoms with E-state index in [-0.39, 0.29) is 5.97 Å². The van der Waals surface area contributed by atoms with Crippen molar-refractivity contribution in [2.75, 3.05) is 25.2 Å². The van der Waals surface area contributed by atoms with E-state index in [2.05, 4.69) is 5.32 Å². The maximum atomic E-state index is 11.6. The SMILES string of the molecule is CNc1cc(C(C)(C)C(=O)OC)ccc1N. The predicted molar refractivity (Wildman–Crippen MR) is 65.4 cm³/mol. The lowest BCUT2D eigenvalue weighted by molar-refractivity contribution is -0.146. The lowest BCUT2D eigenvalue weighted by atomic mass is 9.84. The van der Waals surface area contributed by atoms with Crippen LogP contribution in [0.5, 0.6) is 0 Å². The van der Waals surface area contributed by atoms with E-state index >= 15 is 0 Å². The van der Waals surface area contributed by atoms with Crippen LogP contribution in [0.25, 0.3) is 0 Å². The van der Waals surface area contributed by atoms with E-state index in [4.69, 9.17) is 10.5 Å². The number of anilines is 2. The van der Waals surface area contributed by atoms with E-state index in [1.807, 2.05) is 26.0 Å². The molecule has 1 aromatic carbocycles. The van der Waals surface area contributed by atoms with Crippen LogP contribution in [0.4, 0.5) is 11.4 Å². The Morgan fingerprint density at radius 3 is 2.56 bits per heavy atom. The third-order valence-corrected chi connectivity index (χ3v) is 2.74. The van der Waals surface area contributed by atoms with Crippen molar-refractivity contribution >= 4 is 17.3 Å². The minimum Gasteiger partial charge on any atom is -0.468 e. The van der Waals surface area contributed by atoms with Gasteiger partial charge in [-0.1, -0.05) is 6.07 Å². The molecule has 1 aromatic rings. The van der Waals surface area contributed by atoms with E-state index in [0.29, 0.717) is 5.69 Å². The van der Waals surface area contributed by atoms with Gasteiger partial charge in [-0.2, -0.15) is 0 Å². The molecule has 0 spiro atoms. The molecule has 0 aromatic heterocycles. The summed E-state index contributed by atoms with van der Waals surface area (Å²) in [4.78, 5) is 11.6. The monoisotopic (exact) mass is 222 g/mol. The Hall–Kier alpha value is -1.71. The first-order chi connectivity index (χ1) is 7.43. The molecule has 4 nitrogen and oxygen atoms in total. The highest BCUT2D eigenvalue weighted by Crippen LogP contribution is 2.29. The van der Waals surface area contributed by atoms with Gasteiger partial charge in [-0.05, 0) is 31.5 Å². The van der Waals surface area contributed by atoms with Gasteiger partial charge in [0.05, 0.1) is 23.9 Å². The smallest absolute Gasteiger partial charge is 0.315 e. The number of hydrogen-bond acceptors (Lipinski definition) is 4.